The van der Waals surface area contributed by atoms with Crippen molar-refractivity contribution in [1.29, 1.82) is 0 Å². The predicted octanol–water partition coefficient (Wildman–Crippen LogP) is 1.55. The minimum atomic E-state index is -0.0935. The average molecular weight is 301 g/mol. The van der Waals surface area contributed by atoms with Crippen molar-refractivity contribution in [3.05, 3.63) is 28.7 Å². The highest BCUT2D eigenvalue weighted by molar-refractivity contribution is 9.10. The maximum atomic E-state index is 11.4. The molecule has 5 heteroatoms. The molecule has 1 rings (SSSR count). The summed E-state index contributed by atoms with van der Waals surface area (Å²) in [6.07, 6.45) is 0.917. The van der Waals surface area contributed by atoms with E-state index in [4.69, 9.17) is 4.74 Å². The zero-order chi connectivity index (χ0) is 12.5. The van der Waals surface area contributed by atoms with E-state index in [0.717, 1.165) is 17.4 Å². The maximum absolute atomic E-state index is 11.4. The van der Waals surface area contributed by atoms with Crippen LogP contribution >= 0.6 is 15.9 Å². The first-order chi connectivity index (χ1) is 8.22. The summed E-state index contributed by atoms with van der Waals surface area (Å²) in [6, 6.07) is 7.39. The van der Waals surface area contributed by atoms with Crippen molar-refractivity contribution in [2.24, 2.45) is 0 Å². The Morgan fingerprint density at radius 2 is 2.00 bits per heavy atom. The molecule has 0 heterocycles. The van der Waals surface area contributed by atoms with Crippen molar-refractivity contribution < 1.29 is 9.53 Å². The van der Waals surface area contributed by atoms with Crippen LogP contribution in [-0.4, -0.2) is 32.7 Å². The topological polar surface area (TPSA) is 50.4 Å². The number of hydrogen-bond donors (Lipinski definition) is 2. The molecule has 0 aliphatic heterocycles. The molecular formula is C12H17BrN2O2. The van der Waals surface area contributed by atoms with Gasteiger partial charge in [-0.1, -0.05) is 15.9 Å². The monoisotopic (exact) mass is 300 g/mol. The van der Waals surface area contributed by atoms with Crippen LogP contribution in [0.15, 0.2) is 28.7 Å². The number of carbonyl (C=O) groups excluding carboxylic acids is 1. The van der Waals surface area contributed by atoms with E-state index in [9.17, 15) is 4.79 Å². The smallest absolute Gasteiger partial charge is 0.257 e. The first-order valence-electron chi connectivity index (χ1n) is 5.52. The van der Waals surface area contributed by atoms with Crippen LogP contribution in [0.4, 0.5) is 0 Å². The first-order valence-corrected chi connectivity index (χ1v) is 6.31. The molecule has 0 saturated heterocycles. The van der Waals surface area contributed by atoms with Gasteiger partial charge >= 0.3 is 0 Å². The van der Waals surface area contributed by atoms with Crippen LogP contribution < -0.4 is 15.4 Å². The van der Waals surface area contributed by atoms with Gasteiger partial charge in [0.25, 0.3) is 5.91 Å². The molecule has 0 bridgehead atoms. The summed E-state index contributed by atoms with van der Waals surface area (Å²) in [5.74, 6) is 0.600. The molecule has 1 aromatic rings. The van der Waals surface area contributed by atoms with E-state index in [1.54, 1.807) is 0 Å². The Bertz CT molecular complexity index is 341. The molecule has 0 aliphatic carbocycles. The molecule has 4 nitrogen and oxygen atoms in total. The summed E-state index contributed by atoms with van der Waals surface area (Å²) in [7, 11) is 1.89. The van der Waals surface area contributed by atoms with Crippen molar-refractivity contribution in [1.82, 2.24) is 10.6 Å². The molecule has 0 aliphatic rings. The number of hydrogen-bond acceptors (Lipinski definition) is 3. The van der Waals surface area contributed by atoms with Gasteiger partial charge in [0.1, 0.15) is 5.75 Å². The van der Waals surface area contributed by atoms with Gasteiger partial charge < -0.3 is 15.4 Å². The van der Waals surface area contributed by atoms with Gasteiger partial charge in [-0.15, -0.1) is 0 Å². The molecule has 17 heavy (non-hydrogen) atoms. The van der Waals surface area contributed by atoms with Crippen LogP contribution in [0, 0.1) is 0 Å². The number of amides is 1. The van der Waals surface area contributed by atoms with Gasteiger partial charge in [0.15, 0.2) is 6.61 Å². The number of rotatable bonds is 7. The van der Waals surface area contributed by atoms with Crippen molar-refractivity contribution in [2.45, 2.75) is 6.42 Å². The molecule has 0 unspecified atom stereocenters. The van der Waals surface area contributed by atoms with Gasteiger partial charge in [0.2, 0.25) is 0 Å². The van der Waals surface area contributed by atoms with E-state index in [1.807, 2.05) is 31.3 Å². The highest BCUT2D eigenvalue weighted by Gasteiger charge is 2.01. The van der Waals surface area contributed by atoms with E-state index in [2.05, 4.69) is 26.6 Å². The Hall–Kier alpha value is -1.07. The molecular weight excluding hydrogens is 284 g/mol. The van der Waals surface area contributed by atoms with Gasteiger partial charge in [0, 0.05) is 11.0 Å². The number of carbonyl (C=O) groups is 1. The second kappa shape index (κ2) is 8.08. The molecule has 0 spiro atoms. The van der Waals surface area contributed by atoms with Crippen molar-refractivity contribution in [2.75, 3.05) is 26.7 Å². The Morgan fingerprint density at radius 1 is 1.29 bits per heavy atom. The van der Waals surface area contributed by atoms with Crippen molar-refractivity contribution >= 4 is 21.8 Å². The second-order valence-electron chi connectivity index (χ2n) is 3.55. The third-order valence-corrected chi connectivity index (χ3v) is 2.64. The third-order valence-electron chi connectivity index (χ3n) is 2.11. The molecule has 0 aromatic heterocycles. The highest BCUT2D eigenvalue weighted by Crippen LogP contribution is 2.15. The molecule has 1 amide bonds. The lowest BCUT2D eigenvalue weighted by Crippen LogP contribution is -2.30. The largest absolute Gasteiger partial charge is 0.484 e. The summed E-state index contributed by atoms with van der Waals surface area (Å²) in [5, 5.41) is 5.80. The summed E-state index contributed by atoms with van der Waals surface area (Å²) in [5.41, 5.74) is 0. The van der Waals surface area contributed by atoms with E-state index in [1.165, 1.54) is 0 Å². The summed E-state index contributed by atoms with van der Waals surface area (Å²) >= 11 is 3.33. The third kappa shape index (κ3) is 6.28. The van der Waals surface area contributed by atoms with Gasteiger partial charge in [-0.05, 0) is 44.3 Å². The number of halogens is 1. The summed E-state index contributed by atoms with van der Waals surface area (Å²) in [6.45, 7) is 1.62. The average Bonchev–Trinajstić information content (AvgIpc) is 2.34. The van der Waals surface area contributed by atoms with Gasteiger partial charge in [-0.25, -0.2) is 0 Å². The molecule has 0 atom stereocenters. The van der Waals surface area contributed by atoms with Gasteiger partial charge in [0.05, 0.1) is 0 Å². The van der Waals surface area contributed by atoms with E-state index >= 15 is 0 Å². The highest BCUT2D eigenvalue weighted by atomic mass is 79.9. The lowest BCUT2D eigenvalue weighted by atomic mass is 10.3. The van der Waals surface area contributed by atoms with E-state index < -0.39 is 0 Å². The summed E-state index contributed by atoms with van der Waals surface area (Å²) < 4.78 is 6.32. The lowest BCUT2D eigenvalue weighted by molar-refractivity contribution is -0.123. The van der Waals surface area contributed by atoms with Crippen LogP contribution in [-0.2, 0) is 4.79 Å². The lowest BCUT2D eigenvalue weighted by Gasteiger charge is -2.07. The van der Waals surface area contributed by atoms with Gasteiger partial charge in [-0.3, -0.25) is 4.79 Å². The van der Waals surface area contributed by atoms with Crippen LogP contribution in [0.2, 0.25) is 0 Å². The van der Waals surface area contributed by atoms with Gasteiger partial charge in [-0.2, -0.15) is 0 Å². The standard InChI is InChI=1S/C12H17BrN2O2/c1-14-7-2-8-15-12(16)9-17-11-5-3-10(13)4-6-11/h3-6,14H,2,7-9H2,1H3,(H,15,16). The second-order valence-corrected chi connectivity index (χ2v) is 4.47. The molecule has 94 valence electrons. The first kappa shape index (κ1) is 14.0. The molecule has 0 fully saturated rings. The SMILES string of the molecule is CNCCCNC(=O)COc1ccc(Br)cc1. The Labute approximate surface area is 110 Å². The van der Waals surface area contributed by atoms with E-state index in [0.29, 0.717) is 12.3 Å². The molecule has 0 saturated carbocycles. The summed E-state index contributed by atoms with van der Waals surface area (Å²) in [4.78, 5) is 11.4. The molecule has 0 radical (unpaired) electrons. The quantitative estimate of drug-likeness (QED) is 0.751. The van der Waals surface area contributed by atoms with Crippen molar-refractivity contribution in [3.8, 4) is 5.75 Å². The predicted molar refractivity (Wildman–Crippen MR) is 71.2 cm³/mol. The fourth-order valence-corrected chi connectivity index (χ4v) is 1.49. The maximum Gasteiger partial charge on any atom is 0.257 e. The van der Waals surface area contributed by atoms with Crippen LogP contribution in [0.5, 0.6) is 5.75 Å². The normalized spacial score (nSPS) is 10.0. The zero-order valence-electron chi connectivity index (χ0n) is 9.83. The fourth-order valence-electron chi connectivity index (χ4n) is 1.22. The fraction of sp³-hybridized carbons (Fsp3) is 0.417. The molecule has 2 N–H and O–H groups in total. The zero-order valence-corrected chi connectivity index (χ0v) is 11.4. The van der Waals surface area contributed by atoms with Crippen LogP contribution in [0.3, 0.4) is 0 Å². The Morgan fingerprint density at radius 3 is 2.65 bits per heavy atom. The number of benzene rings is 1. The number of nitrogens with one attached hydrogen (secondary N) is 2. The van der Waals surface area contributed by atoms with E-state index in [-0.39, 0.29) is 12.5 Å². The van der Waals surface area contributed by atoms with Crippen LogP contribution in [0.1, 0.15) is 6.42 Å². The Kier molecular flexibility index (Phi) is 6.65. The molecule has 1 aromatic carbocycles. The minimum absolute atomic E-state index is 0.0567. The minimum Gasteiger partial charge on any atom is -0.484 e. The van der Waals surface area contributed by atoms with Crippen LogP contribution in [0.25, 0.3) is 0 Å². The van der Waals surface area contributed by atoms with Crippen molar-refractivity contribution in [3.63, 3.8) is 0 Å². The Balaban J connectivity index is 2.17. The number of ether oxygens (including phenoxy) is 1.